The van der Waals surface area contributed by atoms with Crippen LogP contribution in [-0.2, 0) is 12.1 Å². The summed E-state index contributed by atoms with van der Waals surface area (Å²) in [5.74, 6) is 0.0359. The average molecular weight is 450 g/mol. The van der Waals surface area contributed by atoms with E-state index in [0.29, 0.717) is 11.4 Å². The molecule has 164 valence electrons. The van der Waals surface area contributed by atoms with Crippen LogP contribution in [0.4, 0.5) is 14.5 Å². The summed E-state index contributed by atoms with van der Waals surface area (Å²) in [6, 6.07) is 13.3. The molecule has 31 heavy (non-hydrogen) atoms. The highest BCUT2D eigenvalue weighted by Gasteiger charge is 2.14. The molecule has 1 amide bonds. The lowest BCUT2D eigenvalue weighted by molar-refractivity contribution is -0.0497. The number of hydrogen-bond donors (Lipinski definition) is 1. The van der Waals surface area contributed by atoms with Crippen molar-refractivity contribution in [1.82, 2.24) is 9.78 Å². The van der Waals surface area contributed by atoms with Crippen molar-refractivity contribution in [2.24, 2.45) is 0 Å². The van der Waals surface area contributed by atoms with Gasteiger partial charge in [-0.1, -0.05) is 44.5 Å². The van der Waals surface area contributed by atoms with E-state index in [1.807, 2.05) is 24.3 Å². The van der Waals surface area contributed by atoms with Gasteiger partial charge in [0.1, 0.15) is 11.5 Å². The summed E-state index contributed by atoms with van der Waals surface area (Å²) in [6.07, 6.45) is 1.62. The lowest BCUT2D eigenvalue weighted by Crippen LogP contribution is -2.14. The molecular weight excluding hydrogens is 428 g/mol. The number of hydrogen-bond acceptors (Lipinski definition) is 4. The molecule has 2 aromatic carbocycles. The van der Waals surface area contributed by atoms with Gasteiger partial charge in [-0.2, -0.15) is 13.9 Å². The molecule has 0 fully saturated rings. The summed E-state index contributed by atoms with van der Waals surface area (Å²) >= 11 is 5.90. The normalized spacial score (nSPS) is 11.5. The van der Waals surface area contributed by atoms with Gasteiger partial charge in [-0.3, -0.25) is 4.79 Å². The molecule has 0 bridgehead atoms. The van der Waals surface area contributed by atoms with Crippen molar-refractivity contribution < 1.29 is 23.0 Å². The largest absolute Gasteiger partial charge is 0.471 e. The number of carbonyl (C=O) groups is 1. The minimum atomic E-state index is -2.99. The van der Waals surface area contributed by atoms with E-state index in [-0.39, 0.29) is 28.6 Å². The van der Waals surface area contributed by atoms with Crippen molar-refractivity contribution in [2.75, 3.05) is 5.32 Å². The Morgan fingerprint density at radius 2 is 1.87 bits per heavy atom. The molecule has 0 aliphatic rings. The van der Waals surface area contributed by atoms with Gasteiger partial charge in [-0.05, 0) is 47.4 Å². The first-order valence-corrected chi connectivity index (χ1v) is 9.82. The first-order valence-electron chi connectivity index (χ1n) is 9.44. The first-order chi connectivity index (χ1) is 14.6. The maximum atomic E-state index is 12.4. The third kappa shape index (κ3) is 6.18. The maximum absolute atomic E-state index is 12.4. The van der Waals surface area contributed by atoms with Gasteiger partial charge in [0.2, 0.25) is 0 Å². The van der Waals surface area contributed by atoms with Crippen LogP contribution in [0.3, 0.4) is 0 Å². The molecule has 9 heteroatoms. The molecule has 0 atom stereocenters. The van der Waals surface area contributed by atoms with Crippen molar-refractivity contribution in [3.8, 4) is 11.5 Å². The molecule has 0 saturated heterocycles. The Morgan fingerprint density at radius 1 is 1.16 bits per heavy atom. The Kier molecular flexibility index (Phi) is 6.80. The van der Waals surface area contributed by atoms with E-state index in [0.717, 1.165) is 0 Å². The highest BCUT2D eigenvalue weighted by molar-refractivity contribution is 6.32. The van der Waals surface area contributed by atoms with Crippen LogP contribution >= 0.6 is 11.6 Å². The second-order valence-corrected chi connectivity index (χ2v) is 8.17. The minimum absolute atomic E-state index is 0.0468. The number of carbonyl (C=O) groups excluding carboxylic acids is 1. The number of nitrogens with zero attached hydrogens (tertiary/aromatic N) is 2. The van der Waals surface area contributed by atoms with E-state index >= 15 is 0 Å². The number of halogens is 3. The topological polar surface area (TPSA) is 65.4 Å². The summed E-state index contributed by atoms with van der Waals surface area (Å²) in [5.41, 5.74) is 1.74. The van der Waals surface area contributed by atoms with Gasteiger partial charge in [0.25, 0.3) is 5.91 Å². The number of benzene rings is 2. The molecule has 0 radical (unpaired) electrons. The number of nitrogens with one attached hydrogen (secondary N) is 1. The Morgan fingerprint density at radius 3 is 2.48 bits per heavy atom. The first kappa shape index (κ1) is 22.6. The number of ether oxygens (including phenoxy) is 2. The fourth-order valence-corrected chi connectivity index (χ4v) is 2.94. The van der Waals surface area contributed by atoms with E-state index in [1.165, 1.54) is 34.5 Å². The quantitative estimate of drug-likeness (QED) is 0.500. The van der Waals surface area contributed by atoms with Crippen LogP contribution in [0.1, 0.15) is 36.8 Å². The van der Waals surface area contributed by atoms with Gasteiger partial charge >= 0.3 is 6.61 Å². The Balaban J connectivity index is 1.57. The van der Waals surface area contributed by atoms with Crippen LogP contribution < -0.4 is 14.8 Å². The molecule has 0 aliphatic carbocycles. The van der Waals surface area contributed by atoms with Gasteiger partial charge in [0, 0.05) is 11.9 Å². The monoisotopic (exact) mass is 449 g/mol. The molecule has 3 rings (SSSR count). The van der Waals surface area contributed by atoms with Crippen molar-refractivity contribution in [1.29, 1.82) is 0 Å². The molecule has 0 aliphatic heterocycles. The highest BCUT2D eigenvalue weighted by atomic mass is 35.5. The Bertz CT molecular complexity index is 1050. The van der Waals surface area contributed by atoms with Gasteiger partial charge in [0.05, 0.1) is 5.02 Å². The summed E-state index contributed by atoms with van der Waals surface area (Å²) in [6.45, 7) is 3.56. The zero-order valence-electron chi connectivity index (χ0n) is 17.2. The lowest BCUT2D eigenvalue weighted by atomic mass is 9.87. The highest BCUT2D eigenvalue weighted by Crippen LogP contribution is 2.29. The van der Waals surface area contributed by atoms with E-state index < -0.39 is 12.5 Å². The van der Waals surface area contributed by atoms with Crippen molar-refractivity contribution in [3.05, 3.63) is 71.0 Å². The van der Waals surface area contributed by atoms with Crippen LogP contribution in [0.2, 0.25) is 5.02 Å². The minimum Gasteiger partial charge on any atom is -0.471 e. The van der Waals surface area contributed by atoms with E-state index in [2.05, 4.69) is 35.9 Å². The van der Waals surface area contributed by atoms with Crippen LogP contribution in [-0.4, -0.2) is 22.3 Å². The average Bonchev–Trinajstić information content (AvgIpc) is 3.17. The van der Waals surface area contributed by atoms with Gasteiger partial charge < -0.3 is 14.8 Å². The standard InChI is InChI=1S/C22H22ClF2N3O3/c1-22(2,3)14-4-7-16(8-5-14)30-13-28-11-10-18(27-28)20(29)26-15-6-9-19(17(23)12-15)31-21(24)25/h4-12,21H,13H2,1-3H3,(H,26,29). The van der Waals surface area contributed by atoms with Crippen molar-refractivity contribution in [2.45, 2.75) is 39.5 Å². The number of amides is 1. The SMILES string of the molecule is CC(C)(C)c1ccc(OCn2ccc(C(=O)Nc3ccc(OC(F)F)c(Cl)c3)n2)cc1. The number of rotatable bonds is 7. The molecule has 0 unspecified atom stereocenters. The Labute approximate surface area is 183 Å². The molecule has 1 aromatic heterocycles. The molecule has 1 N–H and O–H groups in total. The fraction of sp³-hybridized carbons (Fsp3) is 0.273. The summed E-state index contributed by atoms with van der Waals surface area (Å²) < 4.78 is 36.1. The summed E-state index contributed by atoms with van der Waals surface area (Å²) in [4.78, 5) is 12.4. The molecule has 3 aromatic rings. The molecular formula is C22H22ClF2N3O3. The van der Waals surface area contributed by atoms with Gasteiger partial charge in [-0.25, -0.2) is 4.68 Å². The van der Waals surface area contributed by atoms with Crippen LogP contribution in [0.15, 0.2) is 54.7 Å². The van der Waals surface area contributed by atoms with Crippen molar-refractivity contribution in [3.63, 3.8) is 0 Å². The second kappa shape index (κ2) is 9.34. The van der Waals surface area contributed by atoms with E-state index in [1.54, 1.807) is 6.20 Å². The van der Waals surface area contributed by atoms with Crippen LogP contribution in [0.25, 0.3) is 0 Å². The zero-order valence-corrected chi connectivity index (χ0v) is 18.0. The molecule has 0 saturated carbocycles. The Hall–Kier alpha value is -3.13. The predicted molar refractivity (Wildman–Crippen MR) is 114 cm³/mol. The fourth-order valence-electron chi connectivity index (χ4n) is 2.71. The smallest absolute Gasteiger partial charge is 0.387 e. The third-order valence-corrected chi connectivity index (χ3v) is 4.66. The van der Waals surface area contributed by atoms with E-state index in [9.17, 15) is 13.6 Å². The number of anilines is 1. The molecule has 0 spiro atoms. The number of aromatic nitrogens is 2. The number of alkyl halides is 2. The van der Waals surface area contributed by atoms with Crippen molar-refractivity contribution >= 4 is 23.2 Å². The summed E-state index contributed by atoms with van der Waals surface area (Å²) in [5, 5.41) is 6.74. The van der Waals surface area contributed by atoms with E-state index in [4.69, 9.17) is 16.3 Å². The van der Waals surface area contributed by atoms with Crippen LogP contribution in [0.5, 0.6) is 11.5 Å². The summed E-state index contributed by atoms with van der Waals surface area (Å²) in [7, 11) is 0. The lowest BCUT2D eigenvalue weighted by Gasteiger charge is -2.19. The van der Waals surface area contributed by atoms with Gasteiger partial charge in [-0.15, -0.1) is 0 Å². The molecule has 6 nitrogen and oxygen atoms in total. The predicted octanol–water partition coefficient (Wildman–Crippen LogP) is 5.72. The van der Waals surface area contributed by atoms with Crippen LogP contribution in [0, 0.1) is 0 Å². The molecule has 1 heterocycles. The third-order valence-electron chi connectivity index (χ3n) is 4.36. The van der Waals surface area contributed by atoms with Gasteiger partial charge in [0.15, 0.2) is 12.4 Å². The zero-order chi connectivity index (χ0) is 22.6. The second-order valence-electron chi connectivity index (χ2n) is 7.77. The maximum Gasteiger partial charge on any atom is 0.387 e.